The number of hydrogen-bond acceptors (Lipinski definition) is 2. The lowest BCUT2D eigenvalue weighted by molar-refractivity contribution is -0.136. The molecule has 0 aromatic heterocycles. The average Bonchev–Trinajstić information content (AvgIpc) is 2.16. The molecule has 0 saturated heterocycles. The zero-order chi connectivity index (χ0) is 11.4. The number of benzene rings is 1. The van der Waals surface area contributed by atoms with Gasteiger partial charge in [-0.05, 0) is 40.0 Å². The molecule has 5 heteroatoms. The van der Waals surface area contributed by atoms with Gasteiger partial charge in [0.15, 0.2) is 0 Å². The molecule has 0 amide bonds. The molecule has 1 N–H and O–H groups in total. The van der Waals surface area contributed by atoms with Crippen molar-refractivity contribution in [2.24, 2.45) is 0 Å². The van der Waals surface area contributed by atoms with Gasteiger partial charge in [-0.2, -0.15) is 0 Å². The van der Waals surface area contributed by atoms with Gasteiger partial charge in [-0.1, -0.05) is 15.9 Å². The maximum atomic E-state index is 10.4. The molecule has 0 heterocycles. The minimum atomic E-state index is -0.802. The lowest BCUT2D eigenvalue weighted by Gasteiger charge is -2.08. The minimum absolute atomic E-state index is 0.114. The van der Waals surface area contributed by atoms with E-state index < -0.39 is 5.97 Å². The second-order valence-electron chi connectivity index (χ2n) is 2.97. The van der Waals surface area contributed by atoms with Crippen LogP contribution in [0.3, 0.4) is 0 Å². The van der Waals surface area contributed by atoms with Gasteiger partial charge in [-0.25, -0.2) is 0 Å². The summed E-state index contributed by atoms with van der Waals surface area (Å²) in [6.45, 7) is 0. The number of aliphatic carboxylic acids is 1. The summed E-state index contributed by atoms with van der Waals surface area (Å²) in [6, 6.07) is 3.69. The second-order valence-corrected chi connectivity index (χ2v) is 4.68. The molecule has 0 fully saturated rings. The molecule has 3 nitrogen and oxygen atoms in total. The maximum Gasteiger partial charge on any atom is 0.303 e. The van der Waals surface area contributed by atoms with Crippen LogP contribution in [0.5, 0.6) is 5.75 Å². The molecule has 0 spiro atoms. The van der Waals surface area contributed by atoms with Crippen LogP contribution in [0.4, 0.5) is 0 Å². The normalized spacial score (nSPS) is 10.1. The minimum Gasteiger partial charge on any atom is -0.496 e. The molecule has 1 rings (SSSR count). The molecule has 0 aliphatic rings. The van der Waals surface area contributed by atoms with E-state index in [0.717, 1.165) is 14.5 Å². The van der Waals surface area contributed by atoms with Crippen LogP contribution in [0, 0.1) is 0 Å². The Labute approximate surface area is 105 Å². The smallest absolute Gasteiger partial charge is 0.303 e. The lowest BCUT2D eigenvalue weighted by Crippen LogP contribution is -1.98. The molecular weight excluding hydrogens is 328 g/mol. The van der Waals surface area contributed by atoms with Crippen molar-refractivity contribution >= 4 is 37.8 Å². The fraction of sp³-hybridized carbons (Fsp3) is 0.300. The highest BCUT2D eigenvalue weighted by Crippen LogP contribution is 2.31. The van der Waals surface area contributed by atoms with Crippen LogP contribution in [-0.2, 0) is 11.2 Å². The standard InChI is InChI=1S/C10H10Br2O3/c1-15-9-4-6(2-3-10(13)14)7(11)5-8(9)12/h4-5H,2-3H2,1H3,(H,13,14). The molecule has 0 bridgehead atoms. The summed E-state index contributed by atoms with van der Waals surface area (Å²) in [4.78, 5) is 10.4. The van der Waals surface area contributed by atoms with Crippen LogP contribution < -0.4 is 4.74 Å². The number of methoxy groups -OCH3 is 1. The van der Waals surface area contributed by atoms with E-state index in [1.165, 1.54) is 0 Å². The Balaban J connectivity index is 2.92. The van der Waals surface area contributed by atoms with E-state index in [1.807, 2.05) is 12.1 Å². The number of hydrogen-bond donors (Lipinski definition) is 1. The van der Waals surface area contributed by atoms with Gasteiger partial charge in [0.25, 0.3) is 0 Å². The van der Waals surface area contributed by atoms with E-state index in [9.17, 15) is 4.79 Å². The Hall–Kier alpha value is -0.550. The number of carboxylic acid groups (broad SMARTS) is 1. The summed E-state index contributed by atoms with van der Waals surface area (Å²) in [7, 11) is 1.58. The molecule has 0 aliphatic heterocycles. The van der Waals surface area contributed by atoms with Crippen LogP contribution in [0.2, 0.25) is 0 Å². The summed E-state index contributed by atoms with van der Waals surface area (Å²) >= 11 is 6.73. The first-order chi connectivity index (χ1) is 7.04. The molecule has 0 radical (unpaired) electrons. The predicted molar refractivity (Wildman–Crippen MR) is 64.4 cm³/mol. The Morgan fingerprint density at radius 3 is 2.60 bits per heavy atom. The quantitative estimate of drug-likeness (QED) is 0.917. The largest absolute Gasteiger partial charge is 0.496 e. The van der Waals surface area contributed by atoms with E-state index in [4.69, 9.17) is 9.84 Å². The predicted octanol–water partition coefficient (Wildman–Crippen LogP) is 3.24. The van der Waals surface area contributed by atoms with Crippen molar-refractivity contribution in [1.29, 1.82) is 0 Å². The fourth-order valence-corrected chi connectivity index (χ4v) is 2.51. The Morgan fingerprint density at radius 2 is 2.07 bits per heavy atom. The van der Waals surface area contributed by atoms with E-state index in [1.54, 1.807) is 7.11 Å². The highest BCUT2D eigenvalue weighted by atomic mass is 79.9. The molecule has 1 aromatic rings. The third kappa shape index (κ3) is 3.50. The fourth-order valence-electron chi connectivity index (χ4n) is 1.16. The molecule has 0 aliphatic carbocycles. The topological polar surface area (TPSA) is 46.5 Å². The molecule has 1 aromatic carbocycles. The number of carboxylic acids is 1. The molecule has 0 saturated carbocycles. The third-order valence-electron chi connectivity index (χ3n) is 1.93. The van der Waals surface area contributed by atoms with Crippen molar-refractivity contribution in [3.63, 3.8) is 0 Å². The monoisotopic (exact) mass is 336 g/mol. The van der Waals surface area contributed by atoms with Crippen LogP contribution >= 0.6 is 31.9 Å². The third-order valence-corrected chi connectivity index (χ3v) is 3.29. The van der Waals surface area contributed by atoms with Crippen LogP contribution in [0.15, 0.2) is 21.1 Å². The Morgan fingerprint density at radius 1 is 1.40 bits per heavy atom. The molecular formula is C10H10Br2O3. The maximum absolute atomic E-state index is 10.4. The summed E-state index contributed by atoms with van der Waals surface area (Å²) in [5.74, 6) is -0.0950. The van der Waals surface area contributed by atoms with E-state index in [-0.39, 0.29) is 6.42 Å². The van der Waals surface area contributed by atoms with Crippen molar-refractivity contribution in [2.75, 3.05) is 7.11 Å². The second kappa shape index (κ2) is 5.51. The van der Waals surface area contributed by atoms with E-state index in [0.29, 0.717) is 12.2 Å². The summed E-state index contributed by atoms with van der Waals surface area (Å²) < 4.78 is 6.86. The first kappa shape index (κ1) is 12.5. The van der Waals surface area contributed by atoms with Gasteiger partial charge in [-0.3, -0.25) is 4.79 Å². The summed E-state index contributed by atoms with van der Waals surface area (Å²) in [6.07, 6.45) is 0.600. The zero-order valence-electron chi connectivity index (χ0n) is 8.09. The first-order valence-electron chi connectivity index (χ1n) is 4.28. The van der Waals surface area contributed by atoms with Gasteiger partial charge in [0, 0.05) is 10.9 Å². The Bertz CT molecular complexity index is 377. The van der Waals surface area contributed by atoms with E-state index >= 15 is 0 Å². The van der Waals surface area contributed by atoms with Gasteiger partial charge in [0.1, 0.15) is 5.75 Å². The molecule has 0 unspecified atom stereocenters. The lowest BCUT2D eigenvalue weighted by atomic mass is 10.1. The zero-order valence-corrected chi connectivity index (χ0v) is 11.3. The van der Waals surface area contributed by atoms with Gasteiger partial charge < -0.3 is 9.84 Å². The highest BCUT2D eigenvalue weighted by Gasteiger charge is 2.08. The van der Waals surface area contributed by atoms with Crippen molar-refractivity contribution in [3.05, 3.63) is 26.6 Å². The van der Waals surface area contributed by atoms with Crippen molar-refractivity contribution in [3.8, 4) is 5.75 Å². The molecule has 82 valence electrons. The molecule has 15 heavy (non-hydrogen) atoms. The first-order valence-corrected chi connectivity index (χ1v) is 5.87. The van der Waals surface area contributed by atoms with Gasteiger partial charge in [0.2, 0.25) is 0 Å². The van der Waals surface area contributed by atoms with Gasteiger partial charge in [-0.15, -0.1) is 0 Å². The highest BCUT2D eigenvalue weighted by molar-refractivity contribution is 9.11. The average molecular weight is 338 g/mol. The van der Waals surface area contributed by atoms with Crippen molar-refractivity contribution in [1.82, 2.24) is 0 Å². The van der Waals surface area contributed by atoms with Gasteiger partial charge in [0.05, 0.1) is 11.6 Å². The summed E-state index contributed by atoms with van der Waals surface area (Å²) in [5.41, 5.74) is 0.928. The number of aryl methyl sites for hydroxylation is 1. The van der Waals surface area contributed by atoms with E-state index in [2.05, 4.69) is 31.9 Å². The number of halogens is 2. The number of ether oxygens (including phenoxy) is 1. The van der Waals surface area contributed by atoms with Crippen LogP contribution in [0.1, 0.15) is 12.0 Å². The van der Waals surface area contributed by atoms with Crippen molar-refractivity contribution < 1.29 is 14.6 Å². The Kier molecular flexibility index (Phi) is 4.60. The van der Waals surface area contributed by atoms with Gasteiger partial charge >= 0.3 is 5.97 Å². The van der Waals surface area contributed by atoms with Crippen molar-refractivity contribution in [2.45, 2.75) is 12.8 Å². The summed E-state index contributed by atoms with van der Waals surface area (Å²) in [5, 5.41) is 8.59. The number of carbonyl (C=O) groups is 1. The SMILES string of the molecule is COc1cc(CCC(=O)O)c(Br)cc1Br. The number of rotatable bonds is 4. The molecule has 0 atom stereocenters. The van der Waals surface area contributed by atoms with Crippen LogP contribution in [-0.4, -0.2) is 18.2 Å². The van der Waals surface area contributed by atoms with Crippen LogP contribution in [0.25, 0.3) is 0 Å².